The third-order valence-electron chi connectivity index (χ3n) is 3.10. The SMILES string of the molecule is COc1ccc2cc(C(CN)C(F)(F)F)ccc2c1. The second-order valence-electron chi connectivity index (χ2n) is 4.30. The molecular formula is C14H14F3NO. The zero-order chi connectivity index (χ0) is 14.0. The molecule has 2 rings (SSSR count). The van der Waals surface area contributed by atoms with Crippen LogP contribution in [0.25, 0.3) is 10.8 Å². The molecule has 0 radical (unpaired) electrons. The van der Waals surface area contributed by atoms with E-state index in [-0.39, 0.29) is 5.56 Å². The fourth-order valence-corrected chi connectivity index (χ4v) is 2.04. The molecule has 2 N–H and O–H groups in total. The van der Waals surface area contributed by atoms with Gasteiger partial charge in [-0.1, -0.05) is 24.3 Å². The summed E-state index contributed by atoms with van der Waals surface area (Å²) in [6.45, 7) is -0.453. The quantitative estimate of drug-likeness (QED) is 0.926. The molecule has 2 aromatic rings. The van der Waals surface area contributed by atoms with Crippen LogP contribution in [0.4, 0.5) is 13.2 Å². The number of halogens is 3. The number of hydrogen-bond acceptors (Lipinski definition) is 2. The Balaban J connectivity index is 2.46. The van der Waals surface area contributed by atoms with Gasteiger partial charge < -0.3 is 10.5 Å². The van der Waals surface area contributed by atoms with Gasteiger partial charge >= 0.3 is 6.18 Å². The fraction of sp³-hybridized carbons (Fsp3) is 0.286. The molecule has 1 atom stereocenters. The predicted molar refractivity (Wildman–Crippen MR) is 68.4 cm³/mol. The topological polar surface area (TPSA) is 35.2 Å². The van der Waals surface area contributed by atoms with Gasteiger partial charge in [-0.05, 0) is 28.5 Å². The van der Waals surface area contributed by atoms with Crippen molar-refractivity contribution in [2.24, 2.45) is 5.73 Å². The monoisotopic (exact) mass is 269 g/mol. The van der Waals surface area contributed by atoms with Gasteiger partial charge in [0.25, 0.3) is 0 Å². The highest BCUT2D eigenvalue weighted by atomic mass is 19.4. The van der Waals surface area contributed by atoms with Gasteiger partial charge in [0.2, 0.25) is 0 Å². The Kier molecular flexibility index (Phi) is 3.66. The second kappa shape index (κ2) is 5.09. The van der Waals surface area contributed by atoms with Crippen molar-refractivity contribution in [3.63, 3.8) is 0 Å². The zero-order valence-corrected chi connectivity index (χ0v) is 10.4. The Hall–Kier alpha value is -1.75. The number of methoxy groups -OCH3 is 1. The van der Waals surface area contributed by atoms with Crippen LogP contribution in [0.15, 0.2) is 36.4 Å². The molecule has 0 amide bonds. The van der Waals surface area contributed by atoms with Crippen LogP contribution in [0.2, 0.25) is 0 Å². The molecule has 0 aliphatic heterocycles. The van der Waals surface area contributed by atoms with Crippen LogP contribution in [0.3, 0.4) is 0 Å². The van der Waals surface area contributed by atoms with Crippen molar-refractivity contribution in [3.8, 4) is 5.75 Å². The van der Waals surface area contributed by atoms with Crippen LogP contribution in [-0.2, 0) is 0 Å². The van der Waals surface area contributed by atoms with E-state index >= 15 is 0 Å². The maximum absolute atomic E-state index is 12.8. The highest BCUT2D eigenvalue weighted by Gasteiger charge is 2.39. The maximum atomic E-state index is 12.8. The largest absolute Gasteiger partial charge is 0.497 e. The van der Waals surface area contributed by atoms with Crippen LogP contribution in [0, 0.1) is 0 Å². The fourth-order valence-electron chi connectivity index (χ4n) is 2.04. The molecule has 0 spiro atoms. The third kappa shape index (κ3) is 2.81. The van der Waals surface area contributed by atoms with Gasteiger partial charge in [0.1, 0.15) is 5.75 Å². The lowest BCUT2D eigenvalue weighted by atomic mass is 9.96. The van der Waals surface area contributed by atoms with Crippen LogP contribution >= 0.6 is 0 Å². The first-order chi connectivity index (χ1) is 8.95. The molecule has 19 heavy (non-hydrogen) atoms. The van der Waals surface area contributed by atoms with E-state index in [1.54, 1.807) is 31.4 Å². The zero-order valence-electron chi connectivity index (χ0n) is 10.4. The van der Waals surface area contributed by atoms with Crippen molar-refractivity contribution in [2.75, 3.05) is 13.7 Å². The Morgan fingerprint density at radius 2 is 1.74 bits per heavy atom. The normalized spacial score (nSPS) is 13.5. The first-order valence-corrected chi connectivity index (χ1v) is 5.80. The van der Waals surface area contributed by atoms with Gasteiger partial charge in [0.05, 0.1) is 13.0 Å². The second-order valence-corrected chi connectivity index (χ2v) is 4.30. The minimum atomic E-state index is -4.32. The van der Waals surface area contributed by atoms with Crippen molar-refractivity contribution < 1.29 is 17.9 Å². The maximum Gasteiger partial charge on any atom is 0.396 e. The van der Waals surface area contributed by atoms with Gasteiger partial charge in [0, 0.05) is 6.54 Å². The van der Waals surface area contributed by atoms with Crippen molar-refractivity contribution in [1.82, 2.24) is 0 Å². The Bertz CT molecular complexity index is 580. The van der Waals surface area contributed by atoms with Crippen molar-refractivity contribution in [3.05, 3.63) is 42.0 Å². The summed E-state index contributed by atoms with van der Waals surface area (Å²) in [5.41, 5.74) is 5.43. The molecule has 0 aliphatic carbocycles. The predicted octanol–water partition coefficient (Wildman–Crippen LogP) is 3.45. The van der Waals surface area contributed by atoms with Gasteiger partial charge in [-0.25, -0.2) is 0 Å². The third-order valence-corrected chi connectivity index (χ3v) is 3.10. The van der Waals surface area contributed by atoms with Crippen LogP contribution in [-0.4, -0.2) is 19.8 Å². The summed E-state index contributed by atoms with van der Waals surface area (Å²) in [5.74, 6) is -0.953. The first kappa shape index (κ1) is 13.7. The molecule has 0 aromatic heterocycles. The lowest BCUT2D eigenvalue weighted by Crippen LogP contribution is -2.27. The van der Waals surface area contributed by atoms with Crippen LogP contribution in [0.1, 0.15) is 11.5 Å². The number of benzene rings is 2. The van der Waals surface area contributed by atoms with Crippen LogP contribution in [0.5, 0.6) is 5.75 Å². The number of alkyl halides is 3. The molecule has 5 heteroatoms. The van der Waals surface area contributed by atoms with Gasteiger partial charge in [0.15, 0.2) is 0 Å². The summed E-state index contributed by atoms with van der Waals surface area (Å²) in [6, 6.07) is 9.89. The van der Waals surface area contributed by atoms with E-state index in [2.05, 4.69) is 0 Å². The summed E-state index contributed by atoms with van der Waals surface area (Å²) in [5, 5.41) is 1.57. The highest BCUT2D eigenvalue weighted by molar-refractivity contribution is 5.84. The van der Waals surface area contributed by atoms with Crippen LogP contribution < -0.4 is 10.5 Å². The van der Waals surface area contributed by atoms with E-state index in [0.29, 0.717) is 5.75 Å². The highest BCUT2D eigenvalue weighted by Crippen LogP contribution is 2.35. The van der Waals surface area contributed by atoms with E-state index in [1.165, 1.54) is 12.1 Å². The number of rotatable bonds is 3. The van der Waals surface area contributed by atoms with Gasteiger partial charge in [-0.2, -0.15) is 13.2 Å². The minimum absolute atomic E-state index is 0.188. The van der Waals surface area contributed by atoms with E-state index in [9.17, 15) is 13.2 Å². The molecule has 0 fully saturated rings. The molecule has 1 unspecified atom stereocenters. The van der Waals surface area contributed by atoms with E-state index < -0.39 is 18.6 Å². The van der Waals surface area contributed by atoms with E-state index in [4.69, 9.17) is 10.5 Å². The Morgan fingerprint density at radius 3 is 2.32 bits per heavy atom. The average molecular weight is 269 g/mol. The molecule has 2 aromatic carbocycles. The van der Waals surface area contributed by atoms with Gasteiger partial charge in [-0.15, -0.1) is 0 Å². The molecule has 0 saturated carbocycles. The molecule has 0 saturated heterocycles. The molecule has 2 nitrogen and oxygen atoms in total. The first-order valence-electron chi connectivity index (χ1n) is 5.80. The summed E-state index contributed by atoms with van der Waals surface area (Å²) < 4.78 is 43.6. The van der Waals surface area contributed by atoms with E-state index in [0.717, 1.165) is 10.8 Å². The number of fused-ring (bicyclic) bond motifs is 1. The molecule has 0 bridgehead atoms. The lowest BCUT2D eigenvalue weighted by Gasteiger charge is -2.19. The molecule has 0 heterocycles. The van der Waals surface area contributed by atoms with E-state index in [1.807, 2.05) is 0 Å². The smallest absolute Gasteiger partial charge is 0.396 e. The molecular weight excluding hydrogens is 255 g/mol. The standard InChI is InChI=1S/C14H14F3NO/c1-19-12-5-4-9-6-11(3-2-10(9)7-12)13(8-18)14(15,16)17/h2-7,13H,8,18H2,1H3. The summed E-state index contributed by atoms with van der Waals surface area (Å²) in [6.07, 6.45) is -4.32. The number of ether oxygens (including phenoxy) is 1. The van der Waals surface area contributed by atoms with Crippen molar-refractivity contribution in [2.45, 2.75) is 12.1 Å². The Labute approximate surface area is 109 Å². The van der Waals surface area contributed by atoms with Gasteiger partial charge in [-0.3, -0.25) is 0 Å². The molecule has 0 aliphatic rings. The summed E-state index contributed by atoms with van der Waals surface area (Å²) >= 11 is 0. The van der Waals surface area contributed by atoms with Crippen molar-refractivity contribution >= 4 is 10.8 Å². The number of hydrogen-bond donors (Lipinski definition) is 1. The molecule has 102 valence electrons. The number of nitrogens with two attached hydrogens (primary N) is 1. The average Bonchev–Trinajstić information content (AvgIpc) is 2.37. The summed E-state index contributed by atoms with van der Waals surface area (Å²) in [4.78, 5) is 0. The van der Waals surface area contributed by atoms with Crippen molar-refractivity contribution in [1.29, 1.82) is 0 Å². The summed E-state index contributed by atoms with van der Waals surface area (Å²) in [7, 11) is 1.55. The lowest BCUT2D eigenvalue weighted by molar-refractivity contribution is -0.148. The Morgan fingerprint density at radius 1 is 1.11 bits per heavy atom. The minimum Gasteiger partial charge on any atom is -0.497 e.